The zero-order valence-corrected chi connectivity index (χ0v) is 15.7. The largest absolute Gasteiger partial charge is 0.321 e. The van der Waals surface area contributed by atoms with Crippen LogP contribution in [-0.2, 0) is 11.3 Å². The van der Waals surface area contributed by atoms with Crippen molar-refractivity contribution in [3.63, 3.8) is 0 Å². The topological polar surface area (TPSA) is 33.0 Å². The molecule has 2 aromatic rings. The lowest BCUT2D eigenvalue weighted by atomic mass is 10.1. The second-order valence-electron chi connectivity index (χ2n) is 6.75. The Balaban J connectivity index is 1.67. The highest BCUT2D eigenvalue weighted by Crippen LogP contribution is 2.10. The Labute approximate surface area is 157 Å². The SMILES string of the molecule is C=CCCCCCCCCC(=O)Nc1ccc[n+](Cc2ccccc2)c1. The molecule has 0 saturated carbocycles. The molecule has 0 bridgehead atoms. The first kappa shape index (κ1) is 19.9. The molecule has 0 aliphatic heterocycles. The van der Waals surface area contributed by atoms with Gasteiger partial charge in [0.05, 0.1) is 0 Å². The smallest absolute Gasteiger partial charge is 0.224 e. The Morgan fingerprint density at radius 3 is 2.46 bits per heavy atom. The number of pyridine rings is 1. The summed E-state index contributed by atoms with van der Waals surface area (Å²) < 4.78 is 2.09. The van der Waals surface area contributed by atoms with Gasteiger partial charge in [0, 0.05) is 18.1 Å². The van der Waals surface area contributed by atoms with Gasteiger partial charge >= 0.3 is 0 Å². The number of rotatable bonds is 12. The molecule has 0 radical (unpaired) electrons. The van der Waals surface area contributed by atoms with Crippen molar-refractivity contribution in [1.82, 2.24) is 0 Å². The number of hydrogen-bond acceptors (Lipinski definition) is 1. The highest BCUT2D eigenvalue weighted by molar-refractivity contribution is 5.90. The minimum atomic E-state index is 0.106. The van der Waals surface area contributed by atoms with Crippen molar-refractivity contribution in [1.29, 1.82) is 0 Å². The third-order valence-corrected chi connectivity index (χ3v) is 4.41. The number of allylic oxidation sites excluding steroid dienone is 1. The van der Waals surface area contributed by atoms with Crippen LogP contribution in [0.15, 0.2) is 67.5 Å². The minimum Gasteiger partial charge on any atom is -0.321 e. The van der Waals surface area contributed by atoms with Gasteiger partial charge in [-0.1, -0.05) is 62.1 Å². The second-order valence-corrected chi connectivity index (χ2v) is 6.75. The van der Waals surface area contributed by atoms with Crippen molar-refractivity contribution < 1.29 is 9.36 Å². The Kier molecular flexibility index (Phi) is 9.20. The Morgan fingerprint density at radius 2 is 1.69 bits per heavy atom. The number of carbonyl (C=O) groups is 1. The van der Waals surface area contributed by atoms with Gasteiger partial charge in [-0.25, -0.2) is 0 Å². The maximum absolute atomic E-state index is 12.1. The predicted molar refractivity (Wildman–Crippen MR) is 108 cm³/mol. The molecule has 0 aliphatic carbocycles. The monoisotopic (exact) mass is 351 g/mol. The van der Waals surface area contributed by atoms with Crippen LogP contribution in [0.5, 0.6) is 0 Å². The lowest BCUT2D eigenvalue weighted by molar-refractivity contribution is -0.687. The van der Waals surface area contributed by atoms with Crippen LogP contribution in [0.4, 0.5) is 5.69 Å². The lowest BCUT2D eigenvalue weighted by Gasteiger charge is -2.05. The summed E-state index contributed by atoms with van der Waals surface area (Å²) in [5.41, 5.74) is 2.10. The number of aromatic nitrogens is 1. The van der Waals surface area contributed by atoms with E-state index in [4.69, 9.17) is 0 Å². The fraction of sp³-hybridized carbons (Fsp3) is 0.391. The van der Waals surface area contributed by atoms with E-state index in [9.17, 15) is 4.79 Å². The van der Waals surface area contributed by atoms with Crippen LogP contribution in [0.25, 0.3) is 0 Å². The normalized spacial score (nSPS) is 10.5. The van der Waals surface area contributed by atoms with Gasteiger partial charge in [0.25, 0.3) is 0 Å². The summed E-state index contributed by atoms with van der Waals surface area (Å²) in [6.07, 6.45) is 14.8. The van der Waals surface area contributed by atoms with Gasteiger partial charge in [-0.15, -0.1) is 6.58 Å². The van der Waals surface area contributed by atoms with Gasteiger partial charge in [0.1, 0.15) is 5.69 Å². The molecular formula is C23H31N2O+. The van der Waals surface area contributed by atoms with Crippen molar-refractivity contribution in [3.8, 4) is 0 Å². The van der Waals surface area contributed by atoms with E-state index in [0.29, 0.717) is 6.42 Å². The van der Waals surface area contributed by atoms with E-state index in [1.165, 1.54) is 31.2 Å². The summed E-state index contributed by atoms with van der Waals surface area (Å²) in [5, 5.41) is 3.02. The molecule has 0 aliphatic rings. The maximum Gasteiger partial charge on any atom is 0.224 e. The average Bonchev–Trinajstić information content (AvgIpc) is 2.65. The molecule has 3 nitrogen and oxygen atoms in total. The van der Waals surface area contributed by atoms with Crippen molar-refractivity contribution in [2.45, 2.75) is 57.9 Å². The lowest BCUT2D eigenvalue weighted by Crippen LogP contribution is -2.33. The Hall–Kier alpha value is -2.42. The van der Waals surface area contributed by atoms with E-state index in [2.05, 4.69) is 28.6 Å². The van der Waals surface area contributed by atoms with Crippen LogP contribution >= 0.6 is 0 Å². The number of amides is 1. The van der Waals surface area contributed by atoms with Crippen LogP contribution in [0.3, 0.4) is 0 Å². The molecule has 0 atom stereocenters. The molecule has 26 heavy (non-hydrogen) atoms. The fourth-order valence-corrected chi connectivity index (χ4v) is 2.99. The van der Waals surface area contributed by atoms with E-state index >= 15 is 0 Å². The van der Waals surface area contributed by atoms with Crippen molar-refractivity contribution in [2.75, 3.05) is 5.32 Å². The first-order chi connectivity index (χ1) is 12.8. The van der Waals surface area contributed by atoms with Crippen LogP contribution in [0.1, 0.15) is 56.9 Å². The average molecular weight is 352 g/mol. The molecule has 1 amide bonds. The van der Waals surface area contributed by atoms with E-state index in [1.54, 1.807) is 0 Å². The molecule has 1 aromatic heterocycles. The number of anilines is 1. The summed E-state index contributed by atoms with van der Waals surface area (Å²) in [4.78, 5) is 12.1. The molecule has 0 spiro atoms. The predicted octanol–water partition coefficient (Wildman–Crippen LogP) is 5.27. The summed E-state index contributed by atoms with van der Waals surface area (Å²) in [6.45, 7) is 4.54. The van der Waals surface area contributed by atoms with Crippen LogP contribution < -0.4 is 9.88 Å². The van der Waals surface area contributed by atoms with Crippen molar-refractivity contribution in [2.24, 2.45) is 0 Å². The zero-order valence-electron chi connectivity index (χ0n) is 15.7. The molecule has 1 N–H and O–H groups in total. The van der Waals surface area contributed by atoms with E-state index < -0.39 is 0 Å². The van der Waals surface area contributed by atoms with E-state index in [0.717, 1.165) is 31.5 Å². The first-order valence-corrected chi connectivity index (χ1v) is 9.72. The number of benzene rings is 1. The molecule has 0 unspecified atom stereocenters. The van der Waals surface area contributed by atoms with Gasteiger partial charge < -0.3 is 5.32 Å². The quantitative estimate of drug-likeness (QED) is 0.315. The van der Waals surface area contributed by atoms with Gasteiger partial charge in [-0.2, -0.15) is 4.57 Å². The third kappa shape index (κ3) is 8.11. The van der Waals surface area contributed by atoms with Gasteiger partial charge in [-0.3, -0.25) is 4.79 Å². The molecule has 3 heteroatoms. The number of hydrogen-bond donors (Lipinski definition) is 1. The van der Waals surface area contributed by atoms with Crippen molar-refractivity contribution in [3.05, 3.63) is 73.1 Å². The van der Waals surface area contributed by atoms with E-state index in [-0.39, 0.29) is 5.91 Å². The van der Waals surface area contributed by atoms with Crippen molar-refractivity contribution >= 4 is 11.6 Å². The minimum absolute atomic E-state index is 0.106. The summed E-state index contributed by atoms with van der Waals surface area (Å²) >= 11 is 0. The number of carbonyl (C=O) groups excluding carboxylic acids is 1. The van der Waals surface area contributed by atoms with E-state index in [1.807, 2.05) is 48.8 Å². The van der Waals surface area contributed by atoms with Crippen LogP contribution in [0.2, 0.25) is 0 Å². The molecular weight excluding hydrogens is 320 g/mol. The molecule has 1 aromatic carbocycles. The molecule has 0 fully saturated rings. The standard InChI is InChI=1S/C23H30N2O/c1-2-3-4-5-6-7-8-12-17-23(26)24-22-16-13-18-25(20-22)19-21-14-10-9-11-15-21/h2,9-11,13-16,18,20H,1,3-8,12,17,19H2/p+1. The highest BCUT2D eigenvalue weighted by Gasteiger charge is 2.07. The number of nitrogens with zero attached hydrogens (tertiary/aromatic N) is 1. The number of unbranched alkanes of at least 4 members (excludes halogenated alkanes) is 6. The zero-order chi connectivity index (χ0) is 18.5. The molecule has 2 rings (SSSR count). The van der Waals surface area contributed by atoms with Gasteiger partial charge in [0.15, 0.2) is 18.9 Å². The molecule has 0 saturated heterocycles. The molecule has 138 valence electrons. The second kappa shape index (κ2) is 12.0. The highest BCUT2D eigenvalue weighted by atomic mass is 16.1. The third-order valence-electron chi connectivity index (χ3n) is 4.41. The van der Waals surface area contributed by atoms with Gasteiger partial charge in [0.2, 0.25) is 5.91 Å². The Bertz CT molecular complexity index is 667. The molecule has 1 heterocycles. The van der Waals surface area contributed by atoms with Gasteiger partial charge in [-0.05, 0) is 25.3 Å². The first-order valence-electron chi connectivity index (χ1n) is 9.72. The summed E-state index contributed by atoms with van der Waals surface area (Å²) in [5.74, 6) is 0.106. The van der Waals surface area contributed by atoms with Crippen LogP contribution in [-0.4, -0.2) is 5.91 Å². The Morgan fingerprint density at radius 1 is 0.962 bits per heavy atom. The summed E-state index contributed by atoms with van der Waals surface area (Å²) in [7, 11) is 0. The summed E-state index contributed by atoms with van der Waals surface area (Å²) in [6, 6.07) is 14.2. The maximum atomic E-state index is 12.1. The number of nitrogens with one attached hydrogen (secondary N) is 1. The fourth-order valence-electron chi connectivity index (χ4n) is 2.99. The van der Waals surface area contributed by atoms with Crippen LogP contribution in [0, 0.1) is 0 Å².